The molecule has 3 atom stereocenters. The Labute approximate surface area is 241 Å². The van der Waals surface area contributed by atoms with Gasteiger partial charge in [0.15, 0.2) is 0 Å². The summed E-state index contributed by atoms with van der Waals surface area (Å²) >= 11 is 6.56. The molecule has 0 radical (unpaired) electrons. The molecular weight excluding hydrogens is 638 g/mol. The van der Waals surface area contributed by atoms with Gasteiger partial charge in [0, 0.05) is 0 Å². The Balaban J connectivity index is 1.57. The number of benzene rings is 1. The number of rotatable bonds is 5. The van der Waals surface area contributed by atoms with Crippen LogP contribution in [-0.4, -0.2) is 53.8 Å². The van der Waals surface area contributed by atoms with E-state index in [2.05, 4.69) is 5.43 Å². The molecule has 5 rings (SSSR count). The molecule has 4 aliphatic rings. The fourth-order valence-corrected chi connectivity index (χ4v) is 9.16. The minimum absolute atomic E-state index is 0.0463. The van der Waals surface area contributed by atoms with Crippen molar-refractivity contribution < 1.29 is 34.6 Å². The zero-order valence-corrected chi connectivity index (χ0v) is 24.8. The van der Waals surface area contributed by atoms with Crippen molar-refractivity contribution in [3.8, 4) is 0 Å². The number of nitrogens with one attached hydrogen (secondary N) is 1. The predicted molar refractivity (Wildman–Crippen MR) is 148 cm³/mol. The van der Waals surface area contributed by atoms with E-state index in [1.54, 1.807) is 12.1 Å². The zero-order chi connectivity index (χ0) is 26.6. The topological polar surface area (TPSA) is 87.8 Å². The minimum atomic E-state index is -1.26. The van der Waals surface area contributed by atoms with Crippen LogP contribution in [0.3, 0.4) is 0 Å². The molecule has 0 bridgehead atoms. The van der Waals surface area contributed by atoms with Gasteiger partial charge in [-0.2, -0.15) is 0 Å². The SMILES string of the molecule is NC(C(=O)NN1CCCCC1)=C1CS(=O)CC(=Cc2ccc(F)cc2)C1=NC1=CC=C(Cl)CC1C1CC[I-]1. The number of carbonyl (C=O) groups is 1. The van der Waals surface area contributed by atoms with Gasteiger partial charge in [0.05, 0.1) is 0 Å². The Kier molecular flexibility index (Phi) is 9.18. The Morgan fingerprint density at radius 1 is 1.18 bits per heavy atom. The fraction of sp³-hybridized carbons (Fsp3) is 0.429. The second kappa shape index (κ2) is 12.6. The Morgan fingerprint density at radius 2 is 1.92 bits per heavy atom. The number of aliphatic imine (C=N–C) groups is 1. The van der Waals surface area contributed by atoms with E-state index < -0.39 is 16.7 Å². The number of piperidine rings is 1. The maximum atomic E-state index is 13.6. The normalized spacial score (nSPS) is 30.1. The molecule has 3 N–H and O–H groups in total. The molecule has 0 spiro atoms. The molecule has 10 heteroatoms. The van der Waals surface area contributed by atoms with Gasteiger partial charge >= 0.3 is 236 Å². The molecule has 3 saturated heterocycles. The van der Waals surface area contributed by atoms with Crippen LogP contribution in [0.15, 0.2) is 69.0 Å². The van der Waals surface area contributed by atoms with Crippen molar-refractivity contribution >= 4 is 40.1 Å². The summed E-state index contributed by atoms with van der Waals surface area (Å²) < 4.78 is 28.5. The van der Waals surface area contributed by atoms with Crippen molar-refractivity contribution in [1.29, 1.82) is 0 Å². The number of hydrogen-bond donors (Lipinski definition) is 2. The second-order valence-electron chi connectivity index (χ2n) is 9.95. The molecule has 3 heterocycles. The van der Waals surface area contributed by atoms with Crippen LogP contribution in [-0.2, 0) is 15.6 Å². The molecule has 3 aliphatic heterocycles. The Morgan fingerprint density at radius 3 is 2.61 bits per heavy atom. The number of nitrogens with two attached hydrogens (primary N) is 1. The number of hydrogen-bond acceptors (Lipinski definition) is 5. The first kappa shape index (κ1) is 27.7. The van der Waals surface area contributed by atoms with E-state index in [9.17, 15) is 13.4 Å². The van der Waals surface area contributed by atoms with E-state index in [1.165, 1.54) is 23.0 Å². The predicted octanol–water partition coefficient (Wildman–Crippen LogP) is 1.03. The Hall–Kier alpha value is -1.82. The third-order valence-corrected chi connectivity index (χ3v) is 12.6. The molecule has 1 aliphatic carbocycles. The molecule has 3 unspecified atom stereocenters. The monoisotopic (exact) mass is 669 g/mol. The van der Waals surface area contributed by atoms with Crippen molar-refractivity contribution in [2.24, 2.45) is 16.6 Å². The first-order valence-corrected chi connectivity index (χ1v) is 17.6. The Bertz CT molecular complexity index is 1260. The van der Waals surface area contributed by atoms with Crippen molar-refractivity contribution in [2.75, 3.05) is 29.0 Å². The van der Waals surface area contributed by atoms with Crippen LogP contribution >= 0.6 is 11.6 Å². The van der Waals surface area contributed by atoms with Crippen LogP contribution in [0.4, 0.5) is 4.39 Å². The van der Waals surface area contributed by atoms with E-state index in [-0.39, 0.29) is 50.1 Å². The summed E-state index contributed by atoms with van der Waals surface area (Å²) in [5.41, 5.74) is 13.0. The fourth-order valence-electron chi connectivity index (χ4n) is 5.07. The molecule has 3 fully saturated rings. The average molecular weight is 670 g/mol. The number of alkyl halides is 2. The number of halogens is 3. The van der Waals surface area contributed by atoms with E-state index in [0.717, 1.165) is 60.6 Å². The van der Waals surface area contributed by atoms with Crippen molar-refractivity contribution in [2.45, 2.75) is 36.0 Å². The van der Waals surface area contributed by atoms with E-state index in [4.69, 9.17) is 22.3 Å². The summed E-state index contributed by atoms with van der Waals surface area (Å²) in [6.07, 6.45) is 10.9. The van der Waals surface area contributed by atoms with Gasteiger partial charge in [-0.1, -0.05) is 6.42 Å². The molecule has 6 nitrogen and oxygen atoms in total. The van der Waals surface area contributed by atoms with Gasteiger partial charge in [0.25, 0.3) is 0 Å². The maximum absolute atomic E-state index is 13.6. The summed E-state index contributed by atoms with van der Waals surface area (Å²) in [4.78, 5) is 18.4. The van der Waals surface area contributed by atoms with Gasteiger partial charge in [-0.15, -0.1) is 0 Å². The summed E-state index contributed by atoms with van der Waals surface area (Å²) in [6, 6.07) is 6.15. The van der Waals surface area contributed by atoms with Crippen LogP contribution in [0.1, 0.15) is 37.7 Å². The van der Waals surface area contributed by atoms with Gasteiger partial charge < -0.3 is 0 Å². The van der Waals surface area contributed by atoms with Gasteiger partial charge in [-0.25, -0.2) is 0 Å². The molecule has 1 aromatic rings. The third-order valence-electron chi connectivity index (χ3n) is 7.21. The number of hydrazine groups is 1. The molecule has 0 saturated carbocycles. The second-order valence-corrected chi connectivity index (χ2v) is 15.5. The molecule has 1 aromatic carbocycles. The number of amides is 1. The van der Waals surface area contributed by atoms with Crippen LogP contribution in [0.5, 0.6) is 0 Å². The van der Waals surface area contributed by atoms with Crippen LogP contribution in [0.2, 0.25) is 0 Å². The summed E-state index contributed by atoms with van der Waals surface area (Å²) in [6.45, 7) is 1.56. The van der Waals surface area contributed by atoms with Crippen LogP contribution < -0.4 is 32.4 Å². The quantitative estimate of drug-likeness (QED) is 0.279. The molecule has 204 valence electrons. The molecule has 0 aromatic heterocycles. The number of allylic oxidation sites excluding steroid dienone is 4. The van der Waals surface area contributed by atoms with Gasteiger partial charge in [0.1, 0.15) is 0 Å². The van der Waals surface area contributed by atoms with Crippen molar-refractivity contribution in [1.82, 2.24) is 10.4 Å². The zero-order valence-electron chi connectivity index (χ0n) is 21.1. The van der Waals surface area contributed by atoms with Gasteiger partial charge in [-0.3, -0.25) is 0 Å². The number of carbonyl (C=O) groups excluding carboxylic acids is 1. The van der Waals surface area contributed by atoms with Gasteiger partial charge in [0.2, 0.25) is 0 Å². The summed E-state index contributed by atoms with van der Waals surface area (Å²) in [7, 11) is -1.26. The van der Waals surface area contributed by atoms with Crippen molar-refractivity contribution in [3.05, 3.63) is 75.4 Å². The third kappa shape index (κ3) is 6.66. The van der Waals surface area contributed by atoms with Crippen molar-refractivity contribution in [3.63, 3.8) is 0 Å². The van der Waals surface area contributed by atoms with E-state index in [0.29, 0.717) is 15.2 Å². The summed E-state index contributed by atoms with van der Waals surface area (Å²) in [5, 5.41) is 2.73. The average Bonchev–Trinajstić information content (AvgIpc) is 2.87. The van der Waals surface area contributed by atoms with E-state index >= 15 is 0 Å². The first-order chi connectivity index (χ1) is 18.4. The van der Waals surface area contributed by atoms with Crippen LogP contribution in [0.25, 0.3) is 6.08 Å². The molecule has 38 heavy (non-hydrogen) atoms. The standard InChI is InChI=1S/C28H32ClFIN4O2S/c29-20-6-9-25(22(15-20)24-10-11-31-24)33-27-19(14-18-4-7-21(30)8-5-18)16-38(37)17-23(27)26(32)28(36)34-35-12-2-1-3-13-35/h4-9,14,22,24H,1-3,10-13,15-17,32H2,(H,34,36)/q-1. The van der Waals surface area contributed by atoms with Gasteiger partial charge in [-0.05, 0) is 0 Å². The molecule has 1 amide bonds. The number of nitrogens with zero attached hydrogens (tertiary/aromatic N) is 2. The van der Waals surface area contributed by atoms with E-state index in [1.807, 2.05) is 23.2 Å². The summed E-state index contributed by atoms with van der Waals surface area (Å²) in [5.74, 6) is -0.0347. The molecular formula is C28H32ClFIN4O2S-. The first-order valence-electron chi connectivity index (χ1n) is 13.0. The van der Waals surface area contributed by atoms with Crippen LogP contribution in [0, 0.1) is 11.7 Å².